The minimum Gasteiger partial charge on any atom is -0.507 e. The summed E-state index contributed by atoms with van der Waals surface area (Å²) in [6.07, 6.45) is 1.48. The normalized spacial score (nSPS) is 14.8. The molecule has 0 aromatic heterocycles. The number of halogens is 1. The van der Waals surface area contributed by atoms with Crippen molar-refractivity contribution in [2.24, 2.45) is 10.2 Å². The molecule has 4 aromatic rings. The van der Waals surface area contributed by atoms with Crippen molar-refractivity contribution in [3.63, 3.8) is 0 Å². The number of imide groups is 1. The minimum absolute atomic E-state index is 0.0478. The Morgan fingerprint density at radius 1 is 0.974 bits per heavy atom. The van der Waals surface area contributed by atoms with Crippen LogP contribution >= 0.6 is 23.4 Å². The van der Waals surface area contributed by atoms with E-state index in [2.05, 4.69) is 10.2 Å². The molecule has 5 rings (SSSR count). The average Bonchev–Trinajstić information content (AvgIpc) is 3.18. The number of rotatable bonds is 7. The lowest BCUT2D eigenvalue weighted by Gasteiger charge is -2.14. The zero-order valence-corrected chi connectivity index (χ0v) is 21.9. The molecule has 0 saturated carbocycles. The van der Waals surface area contributed by atoms with Crippen molar-refractivity contribution in [2.45, 2.75) is 6.92 Å². The van der Waals surface area contributed by atoms with E-state index >= 15 is 0 Å². The Morgan fingerprint density at radius 2 is 1.71 bits per heavy atom. The Morgan fingerprint density at radius 3 is 2.53 bits per heavy atom. The highest BCUT2D eigenvalue weighted by atomic mass is 35.5. The molecule has 190 valence electrons. The van der Waals surface area contributed by atoms with E-state index in [4.69, 9.17) is 16.3 Å². The van der Waals surface area contributed by atoms with Crippen LogP contribution in [0.15, 0.2) is 94.0 Å². The largest absolute Gasteiger partial charge is 0.507 e. The molecule has 0 unspecified atom stereocenters. The number of hydrogen-bond donors (Lipinski definition) is 1. The Labute approximate surface area is 228 Å². The molecule has 0 atom stereocenters. The average molecular weight is 544 g/mol. The lowest BCUT2D eigenvalue weighted by atomic mass is 10.1. The fourth-order valence-electron chi connectivity index (χ4n) is 3.88. The zero-order valence-electron chi connectivity index (χ0n) is 20.3. The number of phenols is 1. The molecule has 1 heterocycles. The summed E-state index contributed by atoms with van der Waals surface area (Å²) in [5, 5.41) is 20.9. The summed E-state index contributed by atoms with van der Waals surface area (Å²) in [7, 11) is 0. The number of fused-ring (bicyclic) bond motifs is 1. The molecule has 1 aliphatic rings. The third-order valence-corrected chi connectivity index (χ3v) is 7.24. The molecular weight excluding hydrogens is 522 g/mol. The predicted octanol–water partition coefficient (Wildman–Crippen LogP) is 8.04. The van der Waals surface area contributed by atoms with Crippen molar-refractivity contribution >= 4 is 62.7 Å². The number of aromatic hydroxyl groups is 1. The van der Waals surface area contributed by atoms with Gasteiger partial charge in [-0.3, -0.25) is 14.5 Å². The summed E-state index contributed by atoms with van der Waals surface area (Å²) in [6, 6.07) is 23.6. The standard InChI is InChI=1S/C29H22ClN3O4S/c1-18-9-10-22(17-24(18)30)32-31-21-11-12-25(34)20(15-21)16-27-28(35)33(29(36)38-27)13-14-37-26-8-4-6-19-5-2-3-7-23(19)26/h2-12,15-17,34H,13-14H2,1H3/b27-16-,32-31?. The van der Waals surface area contributed by atoms with Crippen LogP contribution in [0, 0.1) is 6.92 Å². The highest BCUT2D eigenvalue weighted by Crippen LogP contribution is 2.35. The number of benzene rings is 4. The van der Waals surface area contributed by atoms with Crippen LogP contribution in [0.3, 0.4) is 0 Å². The molecule has 0 bridgehead atoms. The number of nitrogens with zero attached hydrogens (tertiary/aromatic N) is 3. The van der Waals surface area contributed by atoms with Gasteiger partial charge in [0.1, 0.15) is 18.1 Å². The van der Waals surface area contributed by atoms with Crippen LogP contribution in [0.5, 0.6) is 11.5 Å². The second-order valence-corrected chi connectivity index (χ2v) is 9.94. The van der Waals surface area contributed by atoms with Crippen LogP contribution in [0.25, 0.3) is 16.8 Å². The van der Waals surface area contributed by atoms with E-state index in [1.807, 2.05) is 55.5 Å². The van der Waals surface area contributed by atoms with Crippen molar-refractivity contribution in [3.8, 4) is 11.5 Å². The maximum atomic E-state index is 13.0. The Balaban J connectivity index is 1.28. The molecular formula is C29H22ClN3O4S. The van der Waals surface area contributed by atoms with Crippen molar-refractivity contribution in [1.82, 2.24) is 4.90 Å². The third kappa shape index (κ3) is 5.56. The number of aryl methyl sites for hydroxylation is 1. The van der Waals surface area contributed by atoms with E-state index in [-0.39, 0.29) is 23.8 Å². The van der Waals surface area contributed by atoms with Gasteiger partial charge in [0.2, 0.25) is 0 Å². The molecule has 2 amide bonds. The number of hydrogen-bond acceptors (Lipinski definition) is 7. The first kappa shape index (κ1) is 25.5. The number of carbonyl (C=O) groups excluding carboxylic acids is 2. The fourth-order valence-corrected chi connectivity index (χ4v) is 4.91. The highest BCUT2D eigenvalue weighted by Gasteiger charge is 2.35. The van der Waals surface area contributed by atoms with Gasteiger partial charge in [-0.2, -0.15) is 10.2 Å². The van der Waals surface area contributed by atoms with Crippen LogP contribution in [-0.4, -0.2) is 34.3 Å². The molecule has 9 heteroatoms. The van der Waals surface area contributed by atoms with Crippen LogP contribution in [0.2, 0.25) is 5.02 Å². The Hall–Kier alpha value is -4.14. The van der Waals surface area contributed by atoms with Gasteiger partial charge in [0.05, 0.1) is 22.8 Å². The van der Waals surface area contributed by atoms with Crippen LogP contribution in [-0.2, 0) is 4.79 Å². The monoisotopic (exact) mass is 543 g/mol. The van der Waals surface area contributed by atoms with Crippen molar-refractivity contribution in [1.29, 1.82) is 0 Å². The number of amides is 2. The molecule has 7 nitrogen and oxygen atoms in total. The first-order chi connectivity index (χ1) is 18.4. The number of thioether (sulfide) groups is 1. The lowest BCUT2D eigenvalue weighted by Crippen LogP contribution is -2.32. The molecule has 1 saturated heterocycles. The van der Waals surface area contributed by atoms with Gasteiger partial charge >= 0.3 is 0 Å². The van der Waals surface area contributed by atoms with Gasteiger partial charge in [0.15, 0.2) is 0 Å². The third-order valence-electron chi connectivity index (χ3n) is 5.93. The topological polar surface area (TPSA) is 91.6 Å². The van der Waals surface area contributed by atoms with E-state index in [1.165, 1.54) is 12.1 Å². The van der Waals surface area contributed by atoms with Gasteiger partial charge in [-0.05, 0) is 72.1 Å². The minimum atomic E-state index is -0.442. The van der Waals surface area contributed by atoms with Gasteiger partial charge < -0.3 is 9.84 Å². The van der Waals surface area contributed by atoms with E-state index in [0.29, 0.717) is 27.7 Å². The fraction of sp³-hybridized carbons (Fsp3) is 0.103. The summed E-state index contributed by atoms with van der Waals surface area (Å²) in [4.78, 5) is 26.9. The number of ether oxygens (including phenoxy) is 1. The molecule has 1 N–H and O–H groups in total. The summed E-state index contributed by atoms with van der Waals surface area (Å²) in [5.74, 6) is 0.199. The highest BCUT2D eigenvalue weighted by molar-refractivity contribution is 8.18. The van der Waals surface area contributed by atoms with E-state index in [0.717, 1.165) is 33.0 Å². The van der Waals surface area contributed by atoms with Gasteiger partial charge in [-0.1, -0.05) is 54.1 Å². The second kappa shape index (κ2) is 11.1. The molecule has 1 aliphatic heterocycles. The zero-order chi connectivity index (χ0) is 26.6. The Bertz CT molecular complexity index is 1610. The van der Waals surface area contributed by atoms with E-state index in [1.54, 1.807) is 24.3 Å². The molecule has 4 aromatic carbocycles. The second-order valence-electron chi connectivity index (χ2n) is 8.54. The number of carbonyl (C=O) groups is 2. The predicted molar refractivity (Wildman–Crippen MR) is 151 cm³/mol. The summed E-state index contributed by atoms with van der Waals surface area (Å²) < 4.78 is 5.90. The summed E-state index contributed by atoms with van der Waals surface area (Å²) >= 11 is 6.96. The van der Waals surface area contributed by atoms with Crippen LogP contribution in [0.1, 0.15) is 11.1 Å². The van der Waals surface area contributed by atoms with E-state index in [9.17, 15) is 14.7 Å². The molecule has 38 heavy (non-hydrogen) atoms. The molecule has 0 aliphatic carbocycles. The van der Waals surface area contributed by atoms with Gasteiger partial charge in [0, 0.05) is 16.0 Å². The lowest BCUT2D eigenvalue weighted by molar-refractivity contribution is -0.123. The number of azo groups is 1. The number of phenolic OH excluding ortho intramolecular Hbond substituents is 1. The molecule has 0 radical (unpaired) electrons. The maximum absolute atomic E-state index is 13.0. The van der Waals surface area contributed by atoms with Crippen molar-refractivity contribution in [3.05, 3.63) is 99.9 Å². The van der Waals surface area contributed by atoms with Crippen molar-refractivity contribution < 1.29 is 19.4 Å². The van der Waals surface area contributed by atoms with Crippen molar-refractivity contribution in [2.75, 3.05) is 13.2 Å². The maximum Gasteiger partial charge on any atom is 0.293 e. The molecule has 0 spiro atoms. The summed E-state index contributed by atoms with van der Waals surface area (Å²) in [5.41, 5.74) is 2.34. The van der Waals surface area contributed by atoms with Crippen LogP contribution < -0.4 is 4.74 Å². The quantitative estimate of drug-likeness (QED) is 0.188. The van der Waals surface area contributed by atoms with Crippen LogP contribution in [0.4, 0.5) is 16.2 Å². The van der Waals surface area contributed by atoms with Gasteiger partial charge in [-0.25, -0.2) is 0 Å². The Kier molecular flexibility index (Phi) is 7.44. The SMILES string of the molecule is Cc1ccc(N=Nc2ccc(O)c(/C=C3\SC(=O)N(CCOc4cccc5ccccc45)C3=O)c2)cc1Cl. The van der Waals surface area contributed by atoms with Gasteiger partial charge in [0.25, 0.3) is 11.1 Å². The summed E-state index contributed by atoms with van der Waals surface area (Å²) in [6.45, 7) is 2.16. The first-order valence-electron chi connectivity index (χ1n) is 11.8. The van der Waals surface area contributed by atoms with Gasteiger partial charge in [-0.15, -0.1) is 0 Å². The first-order valence-corrected chi connectivity index (χ1v) is 13.0. The smallest absolute Gasteiger partial charge is 0.293 e. The van der Waals surface area contributed by atoms with E-state index < -0.39 is 11.1 Å². The molecule has 1 fully saturated rings.